The third-order valence-corrected chi connectivity index (χ3v) is 3.38. The molecule has 0 fully saturated rings. The van der Waals surface area contributed by atoms with Crippen LogP contribution in [-0.4, -0.2) is 24.5 Å². The van der Waals surface area contributed by atoms with E-state index in [1.807, 2.05) is 18.2 Å². The molecule has 1 unspecified atom stereocenters. The van der Waals surface area contributed by atoms with Gasteiger partial charge >= 0.3 is 0 Å². The van der Waals surface area contributed by atoms with E-state index < -0.39 is 0 Å². The molecule has 2 nitrogen and oxygen atoms in total. The van der Waals surface area contributed by atoms with Crippen LogP contribution in [-0.2, 0) is 6.54 Å². The Morgan fingerprint density at radius 1 is 1.50 bits per heavy atom. The van der Waals surface area contributed by atoms with E-state index in [1.54, 1.807) is 0 Å². The molecule has 0 bridgehead atoms. The van der Waals surface area contributed by atoms with Crippen molar-refractivity contribution in [2.75, 3.05) is 13.6 Å². The molecule has 1 aromatic rings. The maximum absolute atomic E-state index is 6.11. The summed E-state index contributed by atoms with van der Waals surface area (Å²) in [6.45, 7) is 3.57. The normalized spacial score (nSPS) is 12.4. The summed E-state index contributed by atoms with van der Waals surface area (Å²) in [5, 5.41) is 0.800. The van der Waals surface area contributed by atoms with Crippen LogP contribution in [0.25, 0.3) is 0 Å². The third-order valence-electron chi connectivity index (χ3n) is 2.52. The molecular weight excluding hydrogens is 311 g/mol. The first-order valence-electron chi connectivity index (χ1n) is 4.89. The number of hydrogen-bond acceptors (Lipinski definition) is 2. The average Bonchev–Trinajstić information content (AvgIpc) is 2.22. The van der Waals surface area contributed by atoms with Gasteiger partial charge in [-0.25, -0.2) is 0 Å². The lowest BCUT2D eigenvalue weighted by Gasteiger charge is -2.23. The van der Waals surface area contributed by atoms with Crippen molar-refractivity contribution in [3.05, 3.63) is 33.3 Å². The zero-order valence-electron chi connectivity index (χ0n) is 9.41. The molecule has 0 amide bonds. The Kier molecular flexibility index (Phi) is 7.61. The van der Waals surface area contributed by atoms with E-state index in [-0.39, 0.29) is 12.4 Å². The second-order valence-electron chi connectivity index (χ2n) is 3.74. The minimum Gasteiger partial charge on any atom is -0.329 e. The average molecular weight is 328 g/mol. The molecule has 16 heavy (non-hydrogen) atoms. The zero-order chi connectivity index (χ0) is 11.4. The standard InChI is InChI=1S/C11H16BrClN2.ClH/c1-8(6-14)15(2)7-9-5-10(12)3-4-11(9)13;/h3-5,8H,6-7,14H2,1-2H3;1H. The molecule has 1 rings (SSSR count). The third kappa shape index (κ3) is 4.60. The molecular formula is C11H17BrCl2N2. The summed E-state index contributed by atoms with van der Waals surface area (Å²) in [5.74, 6) is 0. The largest absolute Gasteiger partial charge is 0.329 e. The van der Waals surface area contributed by atoms with E-state index in [1.165, 1.54) is 0 Å². The number of nitrogens with two attached hydrogens (primary N) is 1. The molecule has 0 aliphatic rings. The highest BCUT2D eigenvalue weighted by atomic mass is 79.9. The van der Waals surface area contributed by atoms with E-state index >= 15 is 0 Å². The smallest absolute Gasteiger partial charge is 0.0451 e. The molecule has 0 saturated heterocycles. The SMILES string of the molecule is CC(CN)N(C)Cc1cc(Br)ccc1Cl.Cl. The lowest BCUT2D eigenvalue weighted by Crippen LogP contribution is -2.34. The lowest BCUT2D eigenvalue weighted by atomic mass is 10.2. The van der Waals surface area contributed by atoms with Gasteiger partial charge in [-0.15, -0.1) is 12.4 Å². The summed E-state index contributed by atoms with van der Waals surface area (Å²) in [7, 11) is 2.05. The van der Waals surface area contributed by atoms with Crippen molar-refractivity contribution in [1.29, 1.82) is 0 Å². The molecule has 0 aliphatic heterocycles. The van der Waals surface area contributed by atoms with Crippen LogP contribution >= 0.6 is 39.9 Å². The van der Waals surface area contributed by atoms with Crippen molar-refractivity contribution in [3.63, 3.8) is 0 Å². The molecule has 92 valence electrons. The molecule has 0 spiro atoms. The van der Waals surface area contributed by atoms with Crippen molar-refractivity contribution in [1.82, 2.24) is 4.90 Å². The first kappa shape index (κ1) is 16.2. The molecule has 1 aromatic carbocycles. The van der Waals surface area contributed by atoms with E-state index in [9.17, 15) is 0 Å². The Bertz CT molecular complexity index is 334. The summed E-state index contributed by atoms with van der Waals surface area (Å²) in [6, 6.07) is 6.25. The highest BCUT2D eigenvalue weighted by molar-refractivity contribution is 9.10. The summed E-state index contributed by atoms with van der Waals surface area (Å²) in [4.78, 5) is 2.19. The van der Waals surface area contributed by atoms with Gasteiger partial charge in [-0.05, 0) is 37.7 Å². The Hall–Kier alpha value is 0.200. The van der Waals surface area contributed by atoms with Gasteiger partial charge in [0.1, 0.15) is 0 Å². The quantitative estimate of drug-likeness (QED) is 0.919. The van der Waals surface area contributed by atoms with Crippen molar-refractivity contribution < 1.29 is 0 Å². The number of hydrogen-bond donors (Lipinski definition) is 1. The first-order chi connectivity index (χ1) is 7.04. The molecule has 0 heterocycles. The minimum absolute atomic E-state index is 0. The van der Waals surface area contributed by atoms with Gasteiger partial charge in [-0.3, -0.25) is 4.90 Å². The molecule has 0 saturated carbocycles. The number of nitrogens with zero attached hydrogens (tertiary/aromatic N) is 1. The van der Waals surface area contributed by atoms with Gasteiger partial charge in [0.25, 0.3) is 0 Å². The van der Waals surface area contributed by atoms with Gasteiger partial charge in [0.2, 0.25) is 0 Å². The second kappa shape index (κ2) is 7.51. The Morgan fingerprint density at radius 3 is 2.69 bits per heavy atom. The molecule has 0 aliphatic carbocycles. The summed E-state index contributed by atoms with van der Waals surface area (Å²) in [6.07, 6.45) is 0. The van der Waals surface area contributed by atoms with E-state index in [4.69, 9.17) is 17.3 Å². The molecule has 1 atom stereocenters. The summed E-state index contributed by atoms with van der Waals surface area (Å²) < 4.78 is 1.05. The summed E-state index contributed by atoms with van der Waals surface area (Å²) in [5.41, 5.74) is 6.73. The van der Waals surface area contributed by atoms with Crippen molar-refractivity contribution >= 4 is 39.9 Å². The highest BCUT2D eigenvalue weighted by Gasteiger charge is 2.09. The van der Waals surface area contributed by atoms with Crippen molar-refractivity contribution in [2.24, 2.45) is 5.73 Å². The zero-order valence-corrected chi connectivity index (χ0v) is 12.6. The van der Waals surface area contributed by atoms with Crippen LogP contribution in [0.1, 0.15) is 12.5 Å². The Labute approximate surface area is 117 Å². The number of likely N-dealkylation sites (N-methyl/N-ethyl adjacent to an activating group) is 1. The highest BCUT2D eigenvalue weighted by Crippen LogP contribution is 2.22. The predicted molar refractivity (Wildman–Crippen MR) is 76.4 cm³/mol. The van der Waals surface area contributed by atoms with E-state index in [0.29, 0.717) is 12.6 Å². The van der Waals surface area contributed by atoms with Crippen LogP contribution < -0.4 is 5.73 Å². The fraction of sp³-hybridized carbons (Fsp3) is 0.455. The Morgan fingerprint density at radius 2 is 2.12 bits per heavy atom. The minimum atomic E-state index is 0. The molecule has 0 aromatic heterocycles. The monoisotopic (exact) mass is 326 g/mol. The van der Waals surface area contributed by atoms with Crippen molar-refractivity contribution in [3.8, 4) is 0 Å². The van der Waals surface area contributed by atoms with Gasteiger partial charge in [0, 0.05) is 28.6 Å². The van der Waals surface area contributed by atoms with E-state index in [0.717, 1.165) is 21.6 Å². The molecule has 2 N–H and O–H groups in total. The van der Waals surface area contributed by atoms with Crippen LogP contribution in [0.5, 0.6) is 0 Å². The van der Waals surface area contributed by atoms with Crippen LogP contribution in [0, 0.1) is 0 Å². The fourth-order valence-corrected chi connectivity index (χ4v) is 1.85. The van der Waals surface area contributed by atoms with Gasteiger partial charge in [-0.1, -0.05) is 27.5 Å². The molecule has 0 radical (unpaired) electrons. The van der Waals surface area contributed by atoms with Gasteiger partial charge < -0.3 is 5.73 Å². The lowest BCUT2D eigenvalue weighted by molar-refractivity contribution is 0.255. The van der Waals surface area contributed by atoms with Crippen LogP contribution in [0.2, 0.25) is 5.02 Å². The first-order valence-corrected chi connectivity index (χ1v) is 6.06. The van der Waals surface area contributed by atoms with E-state index in [2.05, 4.69) is 34.8 Å². The topological polar surface area (TPSA) is 29.3 Å². The maximum atomic E-state index is 6.11. The number of rotatable bonds is 4. The second-order valence-corrected chi connectivity index (χ2v) is 5.06. The predicted octanol–water partition coefficient (Wildman–Crippen LogP) is 3.30. The van der Waals surface area contributed by atoms with Crippen LogP contribution in [0.4, 0.5) is 0 Å². The summed E-state index contributed by atoms with van der Waals surface area (Å²) >= 11 is 9.55. The fourth-order valence-electron chi connectivity index (χ4n) is 1.27. The van der Waals surface area contributed by atoms with Gasteiger partial charge in [0.15, 0.2) is 0 Å². The van der Waals surface area contributed by atoms with Crippen LogP contribution in [0.15, 0.2) is 22.7 Å². The Balaban J connectivity index is 0.00000225. The van der Waals surface area contributed by atoms with Crippen molar-refractivity contribution in [2.45, 2.75) is 19.5 Å². The maximum Gasteiger partial charge on any atom is 0.0451 e. The van der Waals surface area contributed by atoms with Crippen LogP contribution in [0.3, 0.4) is 0 Å². The van der Waals surface area contributed by atoms with Gasteiger partial charge in [-0.2, -0.15) is 0 Å². The van der Waals surface area contributed by atoms with Gasteiger partial charge in [0.05, 0.1) is 0 Å². The number of halogens is 3. The number of benzene rings is 1. The molecule has 5 heteroatoms.